The molecule has 9 aromatic rings. The molecule has 0 N–H and O–H groups in total. The molecular formula is C52H39N5. The largest absolute Gasteiger partial charge is 0.313 e. The smallest absolute Gasteiger partial charge is 0.161 e. The highest BCUT2D eigenvalue weighted by Crippen LogP contribution is 2.38. The summed E-state index contributed by atoms with van der Waals surface area (Å²) in [5, 5.41) is 3.74. The van der Waals surface area contributed by atoms with Crippen LogP contribution < -0.4 is 0 Å². The first-order chi connectivity index (χ1) is 28.2. The van der Waals surface area contributed by atoms with Crippen molar-refractivity contribution in [2.24, 2.45) is 15.0 Å². The molecule has 0 saturated carbocycles. The number of hydrogen-bond acceptors (Lipinski definition) is 1. The van der Waals surface area contributed by atoms with Crippen molar-refractivity contribution in [1.29, 1.82) is 0 Å². The second kappa shape index (κ2) is 14.7. The maximum Gasteiger partial charge on any atom is 0.161 e. The van der Waals surface area contributed by atoms with E-state index < -0.39 is 0 Å². The third-order valence-corrected chi connectivity index (χ3v) is 11.0. The lowest BCUT2D eigenvalue weighted by atomic mass is 10.0. The number of aromatic nitrogens is 2. The lowest BCUT2D eigenvalue weighted by Gasteiger charge is -2.15. The van der Waals surface area contributed by atoms with E-state index in [2.05, 4.69) is 148 Å². The van der Waals surface area contributed by atoms with Gasteiger partial charge in [0.25, 0.3) is 0 Å². The fourth-order valence-corrected chi connectivity index (χ4v) is 8.32. The van der Waals surface area contributed by atoms with E-state index in [0.29, 0.717) is 18.2 Å². The average Bonchev–Trinajstić information content (AvgIpc) is 3.79. The van der Waals surface area contributed by atoms with Crippen LogP contribution in [0.25, 0.3) is 61.3 Å². The van der Waals surface area contributed by atoms with Crippen LogP contribution in [0.3, 0.4) is 0 Å². The highest BCUT2D eigenvalue weighted by Gasteiger charge is 2.20. The second-order valence-electron chi connectivity index (χ2n) is 14.4. The van der Waals surface area contributed by atoms with Crippen LogP contribution in [0.1, 0.15) is 34.4 Å². The first kappa shape index (κ1) is 34.1. The Labute approximate surface area is 332 Å². The minimum Gasteiger partial charge on any atom is -0.313 e. The number of nitrogens with zero attached hydrogens (tertiary/aromatic N) is 5. The monoisotopic (exact) mass is 733 g/mol. The summed E-state index contributed by atoms with van der Waals surface area (Å²) in [6, 6.07) is 62.0. The Morgan fingerprint density at radius 3 is 1.98 bits per heavy atom. The fourth-order valence-electron chi connectivity index (χ4n) is 8.32. The molecule has 0 fully saturated rings. The summed E-state index contributed by atoms with van der Waals surface area (Å²) in [6.07, 6.45) is 6.59. The average molecular weight is 734 g/mol. The molecule has 0 radical (unpaired) electrons. The van der Waals surface area contributed by atoms with E-state index in [1.165, 1.54) is 55.1 Å². The summed E-state index contributed by atoms with van der Waals surface area (Å²) in [5.41, 5.74) is 13.9. The SMILES string of the molecule is C=N/C(=N\C(=N/Cc1ccc2c(c1)c1c(n2-c2cccc(-c3ccc4c5ccccc5n(-c5ccccc5)c4c3)c2)CCC=C1)c1ccccc1)c1ccccc1. The van der Waals surface area contributed by atoms with Crippen molar-refractivity contribution in [3.8, 4) is 22.5 Å². The molecule has 0 unspecified atom stereocenters. The molecule has 1 aliphatic carbocycles. The van der Waals surface area contributed by atoms with E-state index in [-0.39, 0.29) is 0 Å². The lowest BCUT2D eigenvalue weighted by Crippen LogP contribution is -2.05. The number of aliphatic imine (C=N–C) groups is 3. The van der Waals surface area contributed by atoms with Crippen LogP contribution >= 0.6 is 0 Å². The van der Waals surface area contributed by atoms with Gasteiger partial charge in [-0.25, -0.2) is 9.98 Å². The maximum absolute atomic E-state index is 5.08. The molecule has 272 valence electrons. The summed E-state index contributed by atoms with van der Waals surface area (Å²) in [6.45, 7) is 4.29. The van der Waals surface area contributed by atoms with Crippen LogP contribution in [0.5, 0.6) is 0 Å². The molecular weight excluding hydrogens is 695 g/mol. The Hall–Kier alpha value is -7.37. The molecule has 0 aliphatic heterocycles. The molecule has 5 heteroatoms. The quantitative estimate of drug-likeness (QED) is 0.116. The number of para-hydroxylation sites is 2. The van der Waals surface area contributed by atoms with E-state index in [4.69, 9.17) is 9.98 Å². The third-order valence-electron chi connectivity index (χ3n) is 11.0. The van der Waals surface area contributed by atoms with Gasteiger partial charge in [0.1, 0.15) is 0 Å². The fraction of sp³-hybridized carbons (Fsp3) is 0.0577. The molecule has 57 heavy (non-hydrogen) atoms. The van der Waals surface area contributed by atoms with Gasteiger partial charge in [0.2, 0.25) is 0 Å². The molecule has 1 aliphatic rings. The highest BCUT2D eigenvalue weighted by molar-refractivity contribution is 6.13. The van der Waals surface area contributed by atoms with Crippen LogP contribution in [0, 0.1) is 0 Å². The van der Waals surface area contributed by atoms with Crippen LogP contribution in [-0.2, 0) is 13.0 Å². The van der Waals surface area contributed by atoms with Crippen LogP contribution in [0.2, 0.25) is 0 Å². The van der Waals surface area contributed by atoms with Gasteiger partial charge in [0.05, 0.1) is 23.1 Å². The number of amidine groups is 2. The van der Waals surface area contributed by atoms with E-state index in [1.54, 1.807) is 0 Å². The van der Waals surface area contributed by atoms with E-state index in [0.717, 1.165) is 40.9 Å². The van der Waals surface area contributed by atoms with Gasteiger partial charge in [-0.3, -0.25) is 4.99 Å². The Balaban J connectivity index is 1.05. The number of allylic oxidation sites excluding steroid dienone is 1. The number of benzene rings is 7. The van der Waals surface area contributed by atoms with Crippen molar-refractivity contribution in [2.45, 2.75) is 19.4 Å². The number of hydrogen-bond donors (Lipinski definition) is 0. The molecule has 0 bridgehead atoms. The van der Waals surface area contributed by atoms with E-state index >= 15 is 0 Å². The standard InChI is InChI=1S/C52H39N5/c1-53-51(37-16-5-2-6-17-37)55-52(38-18-7-3-8-19-38)54-35-36-28-31-49-46(32-36)44-25-12-14-27-48(44)57(49)42-23-15-20-39(33-42)40-29-30-45-43-24-11-13-26-47(43)56(50(45)34-40)41-21-9-4-10-22-41/h2-13,15-26,28-34H,1,14,27,35H2/b54-52-,55-51-. The predicted molar refractivity (Wildman–Crippen MR) is 240 cm³/mol. The second-order valence-corrected chi connectivity index (χ2v) is 14.4. The van der Waals surface area contributed by atoms with Crippen molar-refractivity contribution in [1.82, 2.24) is 9.13 Å². The van der Waals surface area contributed by atoms with Crippen molar-refractivity contribution in [3.63, 3.8) is 0 Å². The van der Waals surface area contributed by atoms with Gasteiger partial charge in [-0.05, 0) is 84.8 Å². The first-order valence-electron chi connectivity index (χ1n) is 19.5. The Morgan fingerprint density at radius 1 is 0.526 bits per heavy atom. The molecule has 0 atom stereocenters. The highest BCUT2D eigenvalue weighted by atomic mass is 15.0. The zero-order chi connectivity index (χ0) is 38.1. The number of fused-ring (bicyclic) bond motifs is 6. The zero-order valence-electron chi connectivity index (χ0n) is 31.5. The Kier molecular flexibility index (Phi) is 8.81. The van der Waals surface area contributed by atoms with Gasteiger partial charge < -0.3 is 9.13 Å². The van der Waals surface area contributed by atoms with Gasteiger partial charge >= 0.3 is 0 Å². The summed E-state index contributed by atoms with van der Waals surface area (Å²) < 4.78 is 4.85. The molecule has 5 nitrogen and oxygen atoms in total. The molecule has 2 aromatic heterocycles. The number of rotatable bonds is 7. The van der Waals surface area contributed by atoms with Crippen molar-refractivity contribution in [3.05, 3.63) is 210 Å². The van der Waals surface area contributed by atoms with Crippen LogP contribution in [0.4, 0.5) is 0 Å². The molecule has 0 amide bonds. The molecule has 7 aromatic carbocycles. The van der Waals surface area contributed by atoms with Gasteiger partial charge in [-0.2, -0.15) is 0 Å². The van der Waals surface area contributed by atoms with E-state index in [1.807, 2.05) is 60.7 Å². The van der Waals surface area contributed by atoms with Crippen LogP contribution in [-0.4, -0.2) is 27.5 Å². The van der Waals surface area contributed by atoms with E-state index in [9.17, 15) is 0 Å². The minimum absolute atomic E-state index is 0.476. The molecule has 2 heterocycles. The summed E-state index contributed by atoms with van der Waals surface area (Å²) >= 11 is 0. The van der Waals surface area contributed by atoms with Crippen molar-refractivity contribution in [2.75, 3.05) is 0 Å². The molecule has 0 saturated heterocycles. The summed E-state index contributed by atoms with van der Waals surface area (Å²) in [7, 11) is 0. The topological polar surface area (TPSA) is 46.9 Å². The molecule has 0 spiro atoms. The van der Waals surface area contributed by atoms with Gasteiger partial charge in [-0.1, -0.05) is 140 Å². The van der Waals surface area contributed by atoms with Crippen molar-refractivity contribution < 1.29 is 0 Å². The first-order valence-corrected chi connectivity index (χ1v) is 19.5. The maximum atomic E-state index is 5.08. The summed E-state index contributed by atoms with van der Waals surface area (Å²) in [4.78, 5) is 14.3. The Bertz CT molecular complexity index is 3040. The predicted octanol–water partition coefficient (Wildman–Crippen LogP) is 12.4. The van der Waals surface area contributed by atoms with Gasteiger partial charge in [0, 0.05) is 49.9 Å². The molecule has 10 rings (SSSR count). The lowest BCUT2D eigenvalue weighted by molar-refractivity contribution is 0.888. The minimum atomic E-state index is 0.476. The zero-order valence-corrected chi connectivity index (χ0v) is 31.5. The van der Waals surface area contributed by atoms with Gasteiger partial charge in [0.15, 0.2) is 11.7 Å². The normalized spacial score (nSPS) is 13.1. The summed E-state index contributed by atoms with van der Waals surface area (Å²) in [5.74, 6) is 1.17. The Morgan fingerprint density at radius 2 is 1.19 bits per heavy atom. The van der Waals surface area contributed by atoms with Crippen molar-refractivity contribution >= 4 is 57.2 Å². The third kappa shape index (κ3) is 6.29. The van der Waals surface area contributed by atoms with Crippen LogP contribution in [0.15, 0.2) is 197 Å². The van der Waals surface area contributed by atoms with Gasteiger partial charge in [-0.15, -0.1) is 0 Å².